The van der Waals surface area contributed by atoms with Crippen LogP contribution in [-0.4, -0.2) is 38.3 Å². The molecule has 10 heteroatoms. The molecular formula is C25H23F5N4O. The molecule has 1 saturated heterocycles. The number of likely N-dealkylation sites (tertiary alicyclic amines) is 1. The summed E-state index contributed by atoms with van der Waals surface area (Å²) in [5.74, 6) is -2.92. The van der Waals surface area contributed by atoms with Crippen LogP contribution in [0.2, 0.25) is 0 Å². The van der Waals surface area contributed by atoms with E-state index in [-0.39, 0.29) is 23.3 Å². The molecule has 3 heterocycles. The van der Waals surface area contributed by atoms with Crippen LogP contribution < -0.4 is 0 Å². The minimum absolute atomic E-state index is 0.0511. The lowest BCUT2D eigenvalue weighted by molar-refractivity contribution is -0.137. The molecule has 1 aliphatic heterocycles. The molecule has 1 amide bonds. The van der Waals surface area contributed by atoms with E-state index in [0.717, 1.165) is 24.8 Å². The minimum Gasteiger partial charge on any atom is -0.335 e. The zero-order chi connectivity index (χ0) is 25.2. The van der Waals surface area contributed by atoms with Gasteiger partial charge in [-0.3, -0.25) is 9.78 Å². The molecule has 1 fully saturated rings. The highest BCUT2D eigenvalue weighted by Crippen LogP contribution is 2.33. The van der Waals surface area contributed by atoms with E-state index in [2.05, 4.69) is 15.0 Å². The minimum atomic E-state index is -4.47. The number of hydrogen-bond acceptors (Lipinski definition) is 4. The maximum Gasteiger partial charge on any atom is 0.417 e. The standard InChI is InChI=1S/C25H23F5N4O/c1-15-4-2-13-34(20(15)10-7-17-6-5-16(14-33-17)25(28,29)30)24(35)21-18(8-9-19(26)22(21)27)23-31-11-3-12-32-23/h3,5-6,8-9,11-12,14-15,20H,2,4,7,10,13H2,1H3/t15-,20-/m1/s1. The Morgan fingerprint density at radius 2 is 1.83 bits per heavy atom. The summed E-state index contributed by atoms with van der Waals surface area (Å²) in [4.78, 5) is 27.2. The monoisotopic (exact) mass is 490 g/mol. The summed E-state index contributed by atoms with van der Waals surface area (Å²) < 4.78 is 67.6. The Bertz CT molecular complexity index is 1180. The number of aromatic nitrogens is 3. The van der Waals surface area contributed by atoms with Gasteiger partial charge >= 0.3 is 6.18 Å². The molecule has 0 spiro atoms. The number of pyridine rings is 1. The largest absolute Gasteiger partial charge is 0.417 e. The first kappa shape index (κ1) is 24.7. The summed E-state index contributed by atoms with van der Waals surface area (Å²) in [6.07, 6.45) is 1.47. The Balaban J connectivity index is 1.61. The highest BCUT2D eigenvalue weighted by molar-refractivity contribution is 6.00. The fraction of sp³-hybridized carbons (Fsp3) is 0.360. The first-order valence-electron chi connectivity index (χ1n) is 11.2. The molecule has 0 unspecified atom stereocenters. The molecule has 1 aliphatic rings. The summed E-state index contributed by atoms with van der Waals surface area (Å²) in [5.41, 5.74) is -0.710. The summed E-state index contributed by atoms with van der Waals surface area (Å²) in [6.45, 7) is 2.31. The zero-order valence-corrected chi connectivity index (χ0v) is 18.9. The number of carbonyl (C=O) groups excluding carboxylic acids is 1. The van der Waals surface area contributed by atoms with Crippen LogP contribution in [0, 0.1) is 17.6 Å². The molecule has 5 nitrogen and oxygen atoms in total. The molecule has 0 bridgehead atoms. The van der Waals surface area contributed by atoms with Gasteiger partial charge in [-0.1, -0.05) is 6.92 Å². The first-order chi connectivity index (χ1) is 16.7. The fourth-order valence-corrected chi connectivity index (χ4v) is 4.51. The number of piperidine rings is 1. The van der Waals surface area contributed by atoms with E-state index < -0.39 is 34.8 Å². The maximum atomic E-state index is 15.0. The van der Waals surface area contributed by atoms with Crippen molar-refractivity contribution in [2.45, 2.75) is 44.8 Å². The Hall–Kier alpha value is -3.43. The molecule has 2 aromatic heterocycles. The number of aryl methyl sites for hydroxylation is 1. The maximum absolute atomic E-state index is 15.0. The van der Waals surface area contributed by atoms with Crippen molar-refractivity contribution in [2.75, 3.05) is 6.54 Å². The lowest BCUT2D eigenvalue weighted by Crippen LogP contribution is -2.48. The van der Waals surface area contributed by atoms with E-state index >= 15 is 0 Å². The Kier molecular flexibility index (Phi) is 7.09. The molecule has 1 aromatic carbocycles. The Morgan fingerprint density at radius 3 is 2.49 bits per heavy atom. The summed E-state index contributed by atoms with van der Waals surface area (Å²) in [5, 5.41) is 0. The van der Waals surface area contributed by atoms with Gasteiger partial charge < -0.3 is 4.90 Å². The molecule has 184 valence electrons. The van der Waals surface area contributed by atoms with Crippen LogP contribution in [0.3, 0.4) is 0 Å². The second-order valence-corrected chi connectivity index (χ2v) is 8.62. The second kappa shape index (κ2) is 10.1. The van der Waals surface area contributed by atoms with Gasteiger partial charge in [-0.25, -0.2) is 18.7 Å². The van der Waals surface area contributed by atoms with E-state index in [1.54, 1.807) is 6.07 Å². The summed E-state index contributed by atoms with van der Waals surface area (Å²) >= 11 is 0. The molecule has 2 atom stereocenters. The topological polar surface area (TPSA) is 59.0 Å². The highest BCUT2D eigenvalue weighted by atomic mass is 19.4. The van der Waals surface area contributed by atoms with Gasteiger partial charge in [-0.2, -0.15) is 13.2 Å². The Labute approximate surface area is 199 Å². The van der Waals surface area contributed by atoms with E-state index in [4.69, 9.17) is 0 Å². The van der Waals surface area contributed by atoms with Crippen molar-refractivity contribution in [1.29, 1.82) is 0 Å². The SMILES string of the molecule is C[C@@H]1CCCN(C(=O)c2c(-c3ncccn3)ccc(F)c2F)[C@@H]1CCc1ccc(C(F)(F)F)cn1. The van der Waals surface area contributed by atoms with Crippen LogP contribution in [0.25, 0.3) is 11.4 Å². The van der Waals surface area contributed by atoms with Crippen LogP contribution in [-0.2, 0) is 12.6 Å². The Morgan fingerprint density at radius 1 is 1.09 bits per heavy atom. The van der Waals surface area contributed by atoms with Crippen molar-refractivity contribution in [3.05, 3.63) is 77.4 Å². The number of carbonyl (C=O) groups is 1. The molecule has 0 aliphatic carbocycles. The summed E-state index contributed by atoms with van der Waals surface area (Å²) in [7, 11) is 0. The molecular weight excluding hydrogens is 467 g/mol. The van der Waals surface area contributed by atoms with Crippen molar-refractivity contribution in [3.63, 3.8) is 0 Å². The van der Waals surface area contributed by atoms with E-state index in [1.807, 2.05) is 6.92 Å². The lowest BCUT2D eigenvalue weighted by atomic mass is 9.86. The molecule has 3 aromatic rings. The molecule has 0 N–H and O–H groups in total. The van der Waals surface area contributed by atoms with E-state index in [9.17, 15) is 26.7 Å². The lowest BCUT2D eigenvalue weighted by Gasteiger charge is -2.40. The average Bonchev–Trinajstić information content (AvgIpc) is 2.84. The summed E-state index contributed by atoms with van der Waals surface area (Å²) in [6, 6.07) is 5.76. The predicted molar refractivity (Wildman–Crippen MR) is 118 cm³/mol. The number of rotatable bonds is 5. The molecule has 0 radical (unpaired) electrons. The average molecular weight is 490 g/mol. The zero-order valence-electron chi connectivity index (χ0n) is 18.9. The van der Waals surface area contributed by atoms with Gasteiger partial charge in [0, 0.05) is 42.4 Å². The van der Waals surface area contributed by atoms with Gasteiger partial charge in [-0.15, -0.1) is 0 Å². The van der Waals surface area contributed by atoms with Gasteiger partial charge in [0.15, 0.2) is 17.5 Å². The molecule has 0 saturated carbocycles. The van der Waals surface area contributed by atoms with Crippen molar-refractivity contribution in [2.24, 2.45) is 5.92 Å². The molecule has 4 rings (SSSR count). The number of alkyl halides is 3. The van der Waals surface area contributed by atoms with Crippen LogP contribution >= 0.6 is 0 Å². The number of benzene rings is 1. The fourth-order valence-electron chi connectivity index (χ4n) is 4.51. The third-order valence-corrected chi connectivity index (χ3v) is 6.34. The number of hydrogen-bond donors (Lipinski definition) is 0. The number of nitrogens with zero attached hydrogens (tertiary/aromatic N) is 4. The normalized spacial score (nSPS) is 18.5. The second-order valence-electron chi connectivity index (χ2n) is 8.62. The third kappa shape index (κ3) is 5.31. The van der Waals surface area contributed by atoms with Crippen LogP contribution in [0.1, 0.15) is 47.8 Å². The van der Waals surface area contributed by atoms with Crippen molar-refractivity contribution < 1.29 is 26.7 Å². The molecule has 35 heavy (non-hydrogen) atoms. The highest BCUT2D eigenvalue weighted by Gasteiger charge is 2.35. The van der Waals surface area contributed by atoms with Gasteiger partial charge in [-0.05, 0) is 61.9 Å². The van der Waals surface area contributed by atoms with Crippen molar-refractivity contribution >= 4 is 5.91 Å². The number of amides is 1. The van der Waals surface area contributed by atoms with Crippen LogP contribution in [0.4, 0.5) is 22.0 Å². The smallest absolute Gasteiger partial charge is 0.335 e. The van der Waals surface area contributed by atoms with Gasteiger partial charge in [0.05, 0.1) is 11.1 Å². The van der Waals surface area contributed by atoms with E-state index in [1.165, 1.54) is 29.4 Å². The van der Waals surface area contributed by atoms with Crippen LogP contribution in [0.15, 0.2) is 48.9 Å². The first-order valence-corrected chi connectivity index (χ1v) is 11.2. The van der Waals surface area contributed by atoms with E-state index in [0.29, 0.717) is 31.5 Å². The van der Waals surface area contributed by atoms with Gasteiger partial charge in [0.2, 0.25) is 0 Å². The van der Waals surface area contributed by atoms with Crippen LogP contribution in [0.5, 0.6) is 0 Å². The van der Waals surface area contributed by atoms with Crippen molar-refractivity contribution in [3.8, 4) is 11.4 Å². The predicted octanol–water partition coefficient (Wildman–Crippen LogP) is 5.71. The van der Waals surface area contributed by atoms with Gasteiger partial charge in [0.25, 0.3) is 5.91 Å². The quantitative estimate of drug-likeness (QED) is 0.430. The van der Waals surface area contributed by atoms with Crippen molar-refractivity contribution in [1.82, 2.24) is 19.9 Å². The number of halogens is 5. The van der Waals surface area contributed by atoms with Gasteiger partial charge in [0.1, 0.15) is 0 Å². The third-order valence-electron chi connectivity index (χ3n) is 6.34.